The summed E-state index contributed by atoms with van der Waals surface area (Å²) in [6.45, 7) is 0. The fourth-order valence-electron chi connectivity index (χ4n) is 3.52. The number of allylic oxidation sites excluding steroid dienone is 6. The summed E-state index contributed by atoms with van der Waals surface area (Å²) in [4.78, 5) is 4.38. The maximum atomic E-state index is 12.3. The Bertz CT molecular complexity index is 923. The quantitative estimate of drug-likeness (QED) is 0.682. The van der Waals surface area contributed by atoms with E-state index in [0.29, 0.717) is 11.5 Å². The molecule has 0 spiro atoms. The highest BCUT2D eigenvalue weighted by Crippen LogP contribution is 2.31. The van der Waals surface area contributed by atoms with E-state index in [-0.39, 0.29) is 11.7 Å². The third-order valence-corrected chi connectivity index (χ3v) is 4.94. The SMILES string of the molecule is FC(F)(F)Oc1ccc(-n2cnc(C3C=CC(C4=CCCCC4)=CC3)n2)cc1. The van der Waals surface area contributed by atoms with Gasteiger partial charge >= 0.3 is 6.36 Å². The largest absolute Gasteiger partial charge is 0.573 e. The normalized spacial score (nSPS) is 19.9. The lowest BCUT2D eigenvalue weighted by atomic mass is 9.88. The molecule has 0 saturated carbocycles. The predicted molar refractivity (Wildman–Crippen MR) is 99.2 cm³/mol. The highest BCUT2D eigenvalue weighted by Gasteiger charge is 2.31. The minimum Gasteiger partial charge on any atom is -0.406 e. The average Bonchev–Trinajstić information content (AvgIpc) is 3.18. The van der Waals surface area contributed by atoms with Crippen LogP contribution in [0.15, 0.2) is 66.0 Å². The Hall–Kier alpha value is -2.83. The van der Waals surface area contributed by atoms with E-state index in [1.54, 1.807) is 11.0 Å². The van der Waals surface area contributed by atoms with Crippen LogP contribution in [0.5, 0.6) is 5.75 Å². The zero-order valence-corrected chi connectivity index (χ0v) is 15.2. The molecule has 2 aliphatic rings. The number of nitrogens with zero attached hydrogens (tertiary/aromatic N) is 3. The van der Waals surface area contributed by atoms with Crippen LogP contribution in [0.3, 0.4) is 0 Å². The van der Waals surface area contributed by atoms with Crippen LogP contribution in [-0.2, 0) is 0 Å². The Labute approximate surface area is 161 Å². The van der Waals surface area contributed by atoms with Crippen molar-refractivity contribution >= 4 is 0 Å². The topological polar surface area (TPSA) is 39.9 Å². The standard InChI is InChI=1S/C21H20F3N3O/c22-21(23,24)28-19-12-10-18(11-13-19)27-14-25-20(26-27)17-8-6-16(7-9-17)15-4-2-1-3-5-15/h4,6-8,10-14,17H,1-3,5,9H2. The monoisotopic (exact) mass is 387 g/mol. The van der Waals surface area contributed by atoms with Crippen molar-refractivity contribution in [3.05, 3.63) is 71.9 Å². The molecule has 1 aromatic heterocycles. The first-order valence-corrected chi connectivity index (χ1v) is 9.33. The van der Waals surface area contributed by atoms with E-state index in [4.69, 9.17) is 0 Å². The van der Waals surface area contributed by atoms with Crippen molar-refractivity contribution in [3.63, 3.8) is 0 Å². The van der Waals surface area contributed by atoms with Gasteiger partial charge in [-0.25, -0.2) is 9.67 Å². The van der Waals surface area contributed by atoms with Crippen molar-refractivity contribution in [2.45, 2.75) is 44.4 Å². The molecule has 1 heterocycles. The molecular weight excluding hydrogens is 367 g/mol. The van der Waals surface area contributed by atoms with Gasteiger partial charge in [0.05, 0.1) is 5.69 Å². The minimum absolute atomic E-state index is 0.0991. The van der Waals surface area contributed by atoms with Gasteiger partial charge in [0, 0.05) is 5.92 Å². The number of benzene rings is 1. The molecule has 2 aliphatic carbocycles. The molecule has 1 atom stereocenters. The molecule has 2 aromatic rings. The summed E-state index contributed by atoms with van der Waals surface area (Å²) >= 11 is 0. The van der Waals surface area contributed by atoms with Gasteiger partial charge in [0.2, 0.25) is 0 Å². The number of hydrogen-bond acceptors (Lipinski definition) is 3. The smallest absolute Gasteiger partial charge is 0.406 e. The van der Waals surface area contributed by atoms with Crippen LogP contribution in [-0.4, -0.2) is 21.1 Å². The zero-order valence-electron chi connectivity index (χ0n) is 15.2. The van der Waals surface area contributed by atoms with Crippen LogP contribution in [0.4, 0.5) is 13.2 Å². The molecule has 0 radical (unpaired) electrons. The average molecular weight is 387 g/mol. The second-order valence-electron chi connectivity index (χ2n) is 6.92. The van der Waals surface area contributed by atoms with E-state index in [1.165, 1.54) is 48.3 Å². The number of ether oxygens (including phenoxy) is 1. The Morgan fingerprint density at radius 3 is 2.54 bits per heavy atom. The lowest BCUT2D eigenvalue weighted by Gasteiger charge is -2.18. The van der Waals surface area contributed by atoms with Crippen molar-refractivity contribution in [1.82, 2.24) is 14.8 Å². The minimum atomic E-state index is -4.70. The Morgan fingerprint density at radius 1 is 1.07 bits per heavy atom. The number of rotatable bonds is 4. The van der Waals surface area contributed by atoms with Crippen LogP contribution in [0.2, 0.25) is 0 Å². The molecule has 28 heavy (non-hydrogen) atoms. The summed E-state index contributed by atoms with van der Waals surface area (Å²) in [5.74, 6) is 0.531. The van der Waals surface area contributed by atoms with Gasteiger partial charge in [-0.1, -0.05) is 24.3 Å². The highest BCUT2D eigenvalue weighted by atomic mass is 19.4. The lowest BCUT2D eigenvalue weighted by molar-refractivity contribution is -0.274. The van der Waals surface area contributed by atoms with Crippen LogP contribution in [0.25, 0.3) is 5.69 Å². The molecule has 0 aliphatic heterocycles. The van der Waals surface area contributed by atoms with E-state index >= 15 is 0 Å². The van der Waals surface area contributed by atoms with E-state index < -0.39 is 6.36 Å². The molecule has 7 heteroatoms. The van der Waals surface area contributed by atoms with Gasteiger partial charge in [0.1, 0.15) is 12.1 Å². The third-order valence-electron chi connectivity index (χ3n) is 4.94. The van der Waals surface area contributed by atoms with Crippen LogP contribution in [0, 0.1) is 0 Å². The highest BCUT2D eigenvalue weighted by molar-refractivity contribution is 5.43. The summed E-state index contributed by atoms with van der Waals surface area (Å²) < 4.78 is 42.2. The van der Waals surface area contributed by atoms with Gasteiger partial charge in [0.25, 0.3) is 0 Å². The van der Waals surface area contributed by atoms with Gasteiger partial charge in [0.15, 0.2) is 5.82 Å². The van der Waals surface area contributed by atoms with E-state index in [9.17, 15) is 13.2 Å². The van der Waals surface area contributed by atoms with Crippen LogP contribution in [0.1, 0.15) is 43.8 Å². The molecule has 1 aromatic carbocycles. The fourth-order valence-corrected chi connectivity index (χ4v) is 3.52. The fraction of sp³-hybridized carbons (Fsp3) is 0.333. The molecule has 4 rings (SSSR count). The molecule has 0 amide bonds. The first kappa shape index (κ1) is 18.5. The molecule has 0 fully saturated rings. The van der Waals surface area contributed by atoms with Gasteiger partial charge in [-0.2, -0.15) is 5.10 Å². The number of hydrogen-bond donors (Lipinski definition) is 0. The molecule has 4 nitrogen and oxygen atoms in total. The first-order chi connectivity index (χ1) is 13.5. The summed E-state index contributed by atoms with van der Waals surface area (Å²) in [5, 5.41) is 4.49. The van der Waals surface area contributed by atoms with Crippen molar-refractivity contribution in [2.75, 3.05) is 0 Å². The van der Waals surface area contributed by atoms with E-state index in [2.05, 4.69) is 39.1 Å². The van der Waals surface area contributed by atoms with Crippen molar-refractivity contribution in [1.29, 1.82) is 0 Å². The van der Waals surface area contributed by atoms with Crippen molar-refractivity contribution in [3.8, 4) is 11.4 Å². The summed E-state index contributed by atoms with van der Waals surface area (Å²) in [6.07, 6.45) is 11.4. The van der Waals surface area contributed by atoms with Crippen LogP contribution >= 0.6 is 0 Å². The van der Waals surface area contributed by atoms with Gasteiger partial charge in [-0.05, 0) is 67.5 Å². The maximum Gasteiger partial charge on any atom is 0.573 e. The first-order valence-electron chi connectivity index (χ1n) is 9.33. The molecule has 0 saturated heterocycles. The molecule has 0 N–H and O–H groups in total. The lowest BCUT2D eigenvalue weighted by Crippen LogP contribution is -2.17. The summed E-state index contributed by atoms with van der Waals surface area (Å²) in [7, 11) is 0. The van der Waals surface area contributed by atoms with Crippen molar-refractivity contribution in [2.24, 2.45) is 0 Å². The number of alkyl halides is 3. The zero-order chi connectivity index (χ0) is 19.6. The Morgan fingerprint density at radius 2 is 1.89 bits per heavy atom. The third kappa shape index (κ3) is 4.35. The van der Waals surface area contributed by atoms with Crippen LogP contribution < -0.4 is 4.74 Å². The van der Waals surface area contributed by atoms with E-state index in [0.717, 1.165) is 19.3 Å². The molecule has 146 valence electrons. The van der Waals surface area contributed by atoms with Crippen molar-refractivity contribution < 1.29 is 17.9 Å². The maximum absolute atomic E-state index is 12.3. The second kappa shape index (κ2) is 7.66. The Balaban J connectivity index is 1.43. The van der Waals surface area contributed by atoms with Gasteiger partial charge < -0.3 is 4.74 Å². The number of halogens is 3. The molecule has 0 bridgehead atoms. The summed E-state index contributed by atoms with van der Waals surface area (Å²) in [6, 6.07) is 5.56. The second-order valence-corrected chi connectivity index (χ2v) is 6.92. The molecular formula is C21H20F3N3O. The van der Waals surface area contributed by atoms with Gasteiger partial charge in [-0.15, -0.1) is 13.2 Å². The number of aromatic nitrogens is 3. The summed E-state index contributed by atoms with van der Waals surface area (Å²) in [5.41, 5.74) is 3.35. The van der Waals surface area contributed by atoms with E-state index in [1.807, 2.05) is 0 Å². The predicted octanol–water partition coefficient (Wildman–Crippen LogP) is 5.64. The van der Waals surface area contributed by atoms with Gasteiger partial charge in [-0.3, -0.25) is 0 Å². The Kier molecular flexibility index (Phi) is 5.07. The molecule has 1 unspecified atom stereocenters.